The molecule has 1 aliphatic heterocycles. The van der Waals surface area contributed by atoms with Crippen LogP contribution >= 0.6 is 0 Å². The Morgan fingerprint density at radius 2 is 1.96 bits per heavy atom. The van der Waals surface area contributed by atoms with Crippen molar-refractivity contribution in [2.75, 3.05) is 6.54 Å². The monoisotopic (exact) mass is 342 g/mol. The third kappa shape index (κ3) is 3.06. The van der Waals surface area contributed by atoms with Crippen LogP contribution in [0.2, 0.25) is 0 Å². The summed E-state index contributed by atoms with van der Waals surface area (Å²) in [5.41, 5.74) is 2.88. The van der Waals surface area contributed by atoms with Crippen LogP contribution in [0, 0.1) is 12.7 Å². The van der Waals surface area contributed by atoms with Crippen LogP contribution in [0.25, 0.3) is 5.69 Å². The second-order valence-electron chi connectivity index (χ2n) is 7.07. The normalized spacial score (nSPS) is 21.8. The topological polar surface area (TPSA) is 50.2 Å². The van der Waals surface area contributed by atoms with Gasteiger partial charge < -0.3 is 4.90 Å². The second kappa shape index (κ2) is 6.26. The molecule has 2 fully saturated rings. The minimum Gasteiger partial charge on any atom is -0.338 e. The number of carbonyl (C=O) groups excluding carboxylic acids is 1. The fraction of sp³-hybridized carbons (Fsp3) is 0.474. The first kappa shape index (κ1) is 16.3. The molecule has 0 spiro atoms. The maximum absolute atomic E-state index is 13.1. The van der Waals surface area contributed by atoms with Crippen molar-refractivity contribution in [3.63, 3.8) is 0 Å². The van der Waals surface area contributed by atoms with Crippen molar-refractivity contribution in [3.05, 3.63) is 47.5 Å². The molecule has 1 aromatic heterocycles. The third-order valence-corrected chi connectivity index (χ3v) is 5.26. The molecule has 1 amide bonds. The average molecular weight is 342 g/mol. The molecule has 1 N–H and O–H groups in total. The van der Waals surface area contributed by atoms with Crippen molar-refractivity contribution in [1.29, 1.82) is 0 Å². The van der Waals surface area contributed by atoms with E-state index in [4.69, 9.17) is 0 Å². The highest BCUT2D eigenvalue weighted by atomic mass is 19.1. The van der Waals surface area contributed by atoms with Gasteiger partial charge in [0.1, 0.15) is 5.82 Å². The van der Waals surface area contributed by atoms with E-state index in [1.54, 1.807) is 16.8 Å². The van der Waals surface area contributed by atoms with Crippen molar-refractivity contribution >= 4 is 5.91 Å². The molecule has 2 aromatic rings. The van der Waals surface area contributed by atoms with Crippen LogP contribution in [-0.2, 0) is 4.79 Å². The summed E-state index contributed by atoms with van der Waals surface area (Å²) in [4.78, 5) is 14.5. The van der Waals surface area contributed by atoms with E-state index in [1.165, 1.54) is 12.1 Å². The van der Waals surface area contributed by atoms with Crippen LogP contribution in [0.15, 0.2) is 30.5 Å². The molecule has 1 aliphatic carbocycles. The molecule has 2 atom stereocenters. The molecule has 25 heavy (non-hydrogen) atoms. The molecular weight excluding hydrogens is 319 g/mol. The molecule has 0 bridgehead atoms. The van der Waals surface area contributed by atoms with Gasteiger partial charge in [0.15, 0.2) is 0 Å². The molecule has 0 radical (unpaired) electrons. The molecule has 1 saturated heterocycles. The maximum atomic E-state index is 13.1. The summed E-state index contributed by atoms with van der Waals surface area (Å²) in [6.07, 6.45) is 4.99. The number of likely N-dealkylation sites (tertiary alicyclic amines) is 1. The molecule has 132 valence electrons. The minimum absolute atomic E-state index is 0.0299. The molecule has 1 aromatic carbocycles. The number of benzene rings is 1. The first-order valence-corrected chi connectivity index (χ1v) is 8.91. The van der Waals surface area contributed by atoms with E-state index in [9.17, 15) is 9.18 Å². The lowest BCUT2D eigenvalue weighted by molar-refractivity contribution is -0.130. The number of halogens is 1. The van der Waals surface area contributed by atoms with Crippen molar-refractivity contribution in [3.8, 4) is 5.69 Å². The van der Waals surface area contributed by atoms with Gasteiger partial charge in [0, 0.05) is 29.9 Å². The predicted molar refractivity (Wildman–Crippen MR) is 92.9 cm³/mol. The molecule has 0 unspecified atom stereocenters. The molecule has 4 rings (SSSR count). The molecule has 5 nitrogen and oxygen atoms in total. The van der Waals surface area contributed by atoms with Gasteiger partial charge in [-0.2, -0.15) is 5.10 Å². The van der Waals surface area contributed by atoms with Crippen LogP contribution in [-0.4, -0.2) is 39.2 Å². The van der Waals surface area contributed by atoms with E-state index in [0.29, 0.717) is 6.04 Å². The van der Waals surface area contributed by atoms with Gasteiger partial charge in [0.25, 0.3) is 0 Å². The molecule has 6 heteroatoms. The zero-order chi connectivity index (χ0) is 17.6. The van der Waals surface area contributed by atoms with Gasteiger partial charge in [-0.05, 0) is 57.4 Å². The lowest BCUT2D eigenvalue weighted by Gasteiger charge is -2.20. The Bertz CT molecular complexity index is 781. The zero-order valence-electron chi connectivity index (χ0n) is 14.6. The lowest BCUT2D eigenvalue weighted by Crippen LogP contribution is -2.40. The van der Waals surface area contributed by atoms with Crippen molar-refractivity contribution in [2.24, 2.45) is 0 Å². The summed E-state index contributed by atoms with van der Waals surface area (Å²) in [7, 11) is 0. The summed E-state index contributed by atoms with van der Waals surface area (Å²) in [5.74, 6) is -0.0262. The molecular formula is C19H23FN4O. The summed E-state index contributed by atoms with van der Waals surface area (Å²) >= 11 is 0. The highest BCUT2D eigenvalue weighted by Gasteiger charge is 2.40. The summed E-state index contributed by atoms with van der Waals surface area (Å²) in [6.45, 7) is 4.92. The molecule has 2 heterocycles. The van der Waals surface area contributed by atoms with E-state index in [-0.39, 0.29) is 23.8 Å². The Balaban J connectivity index is 1.48. The van der Waals surface area contributed by atoms with Gasteiger partial charge >= 0.3 is 0 Å². The quantitative estimate of drug-likeness (QED) is 0.909. The van der Waals surface area contributed by atoms with Crippen LogP contribution in [0.1, 0.15) is 43.5 Å². The number of nitrogens with zero attached hydrogens (tertiary/aromatic N) is 3. The van der Waals surface area contributed by atoms with Gasteiger partial charge in [-0.15, -0.1) is 0 Å². The van der Waals surface area contributed by atoms with Gasteiger partial charge in [0.2, 0.25) is 5.91 Å². The Hall–Kier alpha value is -2.21. The van der Waals surface area contributed by atoms with Crippen LogP contribution in [0.3, 0.4) is 0 Å². The number of nitrogens with one attached hydrogen (secondary N) is 1. The van der Waals surface area contributed by atoms with E-state index in [1.807, 2.05) is 18.0 Å². The standard InChI is InChI=1S/C19H23FN4O/c1-12(22-18-9-10-23(19(18)25)15-7-8-15)17-11-21-24(13(17)2)16-5-3-14(20)4-6-16/h3-6,11-12,15,18,22H,7-10H2,1-2H3/t12-,18-/m1/s1. The van der Waals surface area contributed by atoms with Crippen molar-refractivity contribution in [1.82, 2.24) is 20.0 Å². The first-order chi connectivity index (χ1) is 12.0. The maximum Gasteiger partial charge on any atom is 0.240 e. The Morgan fingerprint density at radius 1 is 1.24 bits per heavy atom. The molecule has 1 saturated carbocycles. The number of hydrogen-bond acceptors (Lipinski definition) is 3. The van der Waals surface area contributed by atoms with Crippen molar-refractivity contribution in [2.45, 2.75) is 51.2 Å². The second-order valence-corrected chi connectivity index (χ2v) is 7.07. The van der Waals surface area contributed by atoms with E-state index in [0.717, 1.165) is 42.8 Å². The Kier molecular flexibility index (Phi) is 4.07. The highest BCUT2D eigenvalue weighted by Crippen LogP contribution is 2.31. The number of amides is 1. The van der Waals surface area contributed by atoms with Gasteiger partial charge in [0.05, 0.1) is 17.9 Å². The number of hydrogen-bond donors (Lipinski definition) is 1. The van der Waals surface area contributed by atoms with E-state index in [2.05, 4.69) is 17.3 Å². The van der Waals surface area contributed by atoms with Crippen molar-refractivity contribution < 1.29 is 9.18 Å². The third-order valence-electron chi connectivity index (χ3n) is 5.26. The minimum atomic E-state index is -0.260. The Morgan fingerprint density at radius 3 is 2.64 bits per heavy atom. The number of rotatable bonds is 5. The van der Waals surface area contributed by atoms with Gasteiger partial charge in [-0.3, -0.25) is 10.1 Å². The number of carbonyl (C=O) groups is 1. The zero-order valence-corrected chi connectivity index (χ0v) is 14.6. The fourth-order valence-electron chi connectivity index (χ4n) is 3.69. The summed E-state index contributed by atoms with van der Waals surface area (Å²) < 4.78 is 14.9. The van der Waals surface area contributed by atoms with Crippen LogP contribution in [0.4, 0.5) is 4.39 Å². The molecule has 2 aliphatic rings. The van der Waals surface area contributed by atoms with Gasteiger partial charge in [-0.1, -0.05) is 0 Å². The number of aromatic nitrogens is 2. The van der Waals surface area contributed by atoms with Gasteiger partial charge in [-0.25, -0.2) is 9.07 Å². The Labute approximate surface area is 146 Å². The summed E-state index contributed by atoms with van der Waals surface area (Å²) in [6, 6.07) is 6.70. The lowest BCUT2D eigenvalue weighted by atomic mass is 10.1. The van der Waals surface area contributed by atoms with E-state index >= 15 is 0 Å². The predicted octanol–water partition coefficient (Wildman–Crippen LogP) is 2.73. The average Bonchev–Trinajstić information content (AvgIpc) is 3.28. The first-order valence-electron chi connectivity index (χ1n) is 8.91. The highest BCUT2D eigenvalue weighted by molar-refractivity contribution is 5.84. The summed E-state index contributed by atoms with van der Waals surface area (Å²) in [5, 5.41) is 7.91. The fourth-order valence-corrected chi connectivity index (χ4v) is 3.69. The van der Waals surface area contributed by atoms with Crippen LogP contribution in [0.5, 0.6) is 0 Å². The SMILES string of the molecule is Cc1c([C@@H](C)N[C@@H]2CCN(C3CC3)C2=O)cnn1-c1ccc(F)cc1. The largest absolute Gasteiger partial charge is 0.338 e. The van der Waals surface area contributed by atoms with Crippen LogP contribution < -0.4 is 5.32 Å². The smallest absolute Gasteiger partial charge is 0.240 e. The van der Waals surface area contributed by atoms with E-state index < -0.39 is 0 Å².